The van der Waals surface area contributed by atoms with Crippen LogP contribution in [0.25, 0.3) is 0 Å². The van der Waals surface area contributed by atoms with Gasteiger partial charge in [-0.3, -0.25) is 0 Å². The van der Waals surface area contributed by atoms with Crippen LogP contribution in [0.1, 0.15) is 26.7 Å². The predicted octanol–water partition coefficient (Wildman–Crippen LogP) is 0.774. The summed E-state index contributed by atoms with van der Waals surface area (Å²) in [5.41, 5.74) is 0. The minimum absolute atomic E-state index is 0. The molecule has 0 bridgehead atoms. The lowest BCUT2D eigenvalue weighted by Crippen LogP contribution is -2.30. The number of rotatable bonds is 8. The lowest BCUT2D eigenvalue weighted by atomic mass is 10.1. The van der Waals surface area contributed by atoms with Crippen LogP contribution in [0, 0.1) is 0 Å². The summed E-state index contributed by atoms with van der Waals surface area (Å²) < 4.78 is 0. The van der Waals surface area contributed by atoms with Crippen molar-refractivity contribution in [2.75, 3.05) is 6.61 Å². The van der Waals surface area contributed by atoms with Gasteiger partial charge in [0.15, 0.2) is 0 Å². The van der Waals surface area contributed by atoms with Crippen molar-refractivity contribution >= 4 is 8.07 Å². The third-order valence-corrected chi connectivity index (χ3v) is 8.45. The second-order valence-corrected chi connectivity index (χ2v) is 10.3. The van der Waals surface area contributed by atoms with Gasteiger partial charge in [-0.15, -0.1) is 0 Å². The molecule has 0 saturated carbocycles. The molecular formula is C11H28O4Si. The molecule has 0 aromatic rings. The molecular weight excluding hydrogens is 224 g/mol. The Balaban J connectivity index is 0. The maximum absolute atomic E-state index is 9.66. The number of hydrogen-bond donors (Lipinski definition) is 3. The van der Waals surface area contributed by atoms with Crippen LogP contribution in [0.3, 0.4) is 0 Å². The molecule has 2 unspecified atom stereocenters. The van der Waals surface area contributed by atoms with Crippen LogP contribution in [-0.4, -0.2) is 47.7 Å². The molecule has 16 heavy (non-hydrogen) atoms. The van der Waals surface area contributed by atoms with E-state index in [2.05, 4.69) is 20.4 Å². The van der Waals surface area contributed by atoms with E-state index < -0.39 is 20.3 Å². The van der Waals surface area contributed by atoms with Crippen molar-refractivity contribution in [2.24, 2.45) is 0 Å². The Kier molecular flexibility index (Phi) is 10.5. The van der Waals surface area contributed by atoms with Gasteiger partial charge >= 0.3 is 0 Å². The molecule has 0 amide bonds. The zero-order valence-electron chi connectivity index (χ0n) is 10.7. The van der Waals surface area contributed by atoms with E-state index in [9.17, 15) is 10.2 Å². The van der Waals surface area contributed by atoms with Gasteiger partial charge in [-0.1, -0.05) is 38.5 Å². The number of hydrogen-bond acceptors (Lipinski definition) is 3. The first-order valence-electron chi connectivity index (χ1n) is 5.94. The van der Waals surface area contributed by atoms with Gasteiger partial charge < -0.3 is 20.8 Å². The van der Waals surface area contributed by atoms with Crippen molar-refractivity contribution in [3.05, 3.63) is 0 Å². The maximum atomic E-state index is 9.66. The molecule has 100 valence electrons. The third kappa shape index (κ3) is 7.35. The van der Waals surface area contributed by atoms with Crippen LogP contribution in [0.2, 0.25) is 24.7 Å². The summed E-state index contributed by atoms with van der Waals surface area (Å²) in [4.78, 5) is 0. The van der Waals surface area contributed by atoms with Crippen molar-refractivity contribution in [2.45, 2.75) is 63.6 Å². The molecule has 0 radical (unpaired) electrons. The summed E-state index contributed by atoms with van der Waals surface area (Å²) in [5, 5.41) is 27.5. The molecule has 0 rings (SSSR count). The van der Waals surface area contributed by atoms with E-state index in [4.69, 9.17) is 5.11 Å². The van der Waals surface area contributed by atoms with Gasteiger partial charge in [-0.2, -0.15) is 0 Å². The van der Waals surface area contributed by atoms with E-state index >= 15 is 0 Å². The molecule has 4 nitrogen and oxygen atoms in total. The first kappa shape index (κ1) is 18.4. The zero-order valence-corrected chi connectivity index (χ0v) is 11.7. The third-order valence-electron chi connectivity index (χ3n) is 3.54. The van der Waals surface area contributed by atoms with Gasteiger partial charge in [-0.05, 0) is 6.42 Å². The highest BCUT2D eigenvalue weighted by atomic mass is 28.3. The van der Waals surface area contributed by atoms with Crippen molar-refractivity contribution in [1.82, 2.24) is 0 Å². The highest BCUT2D eigenvalue weighted by molar-refractivity contribution is 6.78. The van der Waals surface area contributed by atoms with E-state index in [0.717, 1.165) is 12.5 Å². The van der Waals surface area contributed by atoms with Crippen molar-refractivity contribution < 1.29 is 20.8 Å². The summed E-state index contributed by atoms with van der Waals surface area (Å²) in [7, 11) is -1.13. The van der Waals surface area contributed by atoms with Gasteiger partial charge in [0.05, 0.1) is 18.8 Å². The SMILES string of the molecule is CC[Si](C)(CC)CCC(O)CC(O)CO.O. The van der Waals surface area contributed by atoms with Crippen molar-refractivity contribution in [3.63, 3.8) is 0 Å². The van der Waals surface area contributed by atoms with Crippen molar-refractivity contribution in [3.8, 4) is 0 Å². The van der Waals surface area contributed by atoms with Gasteiger partial charge in [-0.25, -0.2) is 0 Å². The molecule has 5 N–H and O–H groups in total. The van der Waals surface area contributed by atoms with Crippen LogP contribution in [0.4, 0.5) is 0 Å². The summed E-state index contributed by atoms with van der Waals surface area (Å²) in [6.07, 6.45) is -0.163. The van der Waals surface area contributed by atoms with Crippen molar-refractivity contribution in [1.29, 1.82) is 0 Å². The Hall–Kier alpha value is 0.0569. The average molecular weight is 252 g/mol. The normalized spacial score (nSPS) is 15.4. The number of aliphatic hydroxyl groups is 3. The molecule has 0 aliphatic carbocycles. The minimum atomic E-state index is -1.13. The Morgan fingerprint density at radius 2 is 1.56 bits per heavy atom. The highest BCUT2D eigenvalue weighted by Gasteiger charge is 2.23. The summed E-state index contributed by atoms with van der Waals surface area (Å²) >= 11 is 0. The van der Waals surface area contributed by atoms with Crippen LogP contribution in [0.15, 0.2) is 0 Å². The molecule has 0 aliphatic rings. The van der Waals surface area contributed by atoms with E-state index in [1.807, 2.05) is 0 Å². The van der Waals surface area contributed by atoms with Gasteiger partial charge in [0.2, 0.25) is 0 Å². The second-order valence-electron chi connectivity index (χ2n) is 4.78. The van der Waals surface area contributed by atoms with E-state index in [-0.39, 0.29) is 12.1 Å². The smallest absolute Gasteiger partial charge is 0.0795 e. The first-order valence-corrected chi connectivity index (χ1v) is 9.06. The molecule has 0 fully saturated rings. The topological polar surface area (TPSA) is 92.2 Å². The molecule has 0 spiro atoms. The van der Waals surface area contributed by atoms with E-state index in [1.165, 1.54) is 12.1 Å². The monoisotopic (exact) mass is 252 g/mol. The molecule has 5 heteroatoms. The summed E-state index contributed by atoms with van der Waals surface area (Å²) in [6, 6.07) is 3.61. The summed E-state index contributed by atoms with van der Waals surface area (Å²) in [6.45, 7) is 6.56. The molecule has 0 aliphatic heterocycles. The second kappa shape index (κ2) is 9.12. The lowest BCUT2D eigenvalue weighted by molar-refractivity contribution is 0.0404. The largest absolute Gasteiger partial charge is 0.412 e. The number of aliphatic hydroxyl groups excluding tert-OH is 3. The Labute approximate surface area is 99.6 Å². The average Bonchev–Trinajstić information content (AvgIpc) is 2.25. The predicted molar refractivity (Wildman–Crippen MR) is 69.3 cm³/mol. The fourth-order valence-electron chi connectivity index (χ4n) is 1.63. The van der Waals surface area contributed by atoms with E-state index in [0.29, 0.717) is 6.42 Å². The van der Waals surface area contributed by atoms with E-state index in [1.54, 1.807) is 0 Å². The maximum Gasteiger partial charge on any atom is 0.0795 e. The minimum Gasteiger partial charge on any atom is -0.412 e. The zero-order chi connectivity index (χ0) is 11.9. The lowest BCUT2D eigenvalue weighted by Gasteiger charge is -2.25. The Bertz CT molecular complexity index is 162. The van der Waals surface area contributed by atoms with Crippen LogP contribution >= 0.6 is 0 Å². The molecule has 0 aromatic heterocycles. The quantitative estimate of drug-likeness (QED) is 0.557. The Morgan fingerprint density at radius 3 is 1.94 bits per heavy atom. The fourth-order valence-corrected chi connectivity index (χ4v) is 3.86. The molecule has 2 atom stereocenters. The van der Waals surface area contributed by atoms with Crippen LogP contribution in [-0.2, 0) is 0 Å². The van der Waals surface area contributed by atoms with Gasteiger partial charge in [0, 0.05) is 14.5 Å². The highest BCUT2D eigenvalue weighted by Crippen LogP contribution is 2.23. The van der Waals surface area contributed by atoms with Crippen LogP contribution < -0.4 is 0 Å². The fraction of sp³-hybridized carbons (Fsp3) is 1.00. The summed E-state index contributed by atoms with van der Waals surface area (Å²) in [5.74, 6) is 0. The Morgan fingerprint density at radius 1 is 1.06 bits per heavy atom. The molecule has 0 saturated heterocycles. The van der Waals surface area contributed by atoms with Crippen LogP contribution in [0.5, 0.6) is 0 Å². The van der Waals surface area contributed by atoms with Gasteiger partial charge in [0.25, 0.3) is 0 Å². The molecule has 0 aromatic carbocycles. The standard InChI is InChI=1S/C11H26O3Si.H2O/c1-4-15(3,5-2)7-6-10(13)8-11(14)9-12;/h10-14H,4-9H2,1-3H3;1H2. The van der Waals surface area contributed by atoms with Gasteiger partial charge in [0.1, 0.15) is 0 Å². The molecule has 0 heterocycles. The first-order chi connectivity index (χ1) is 6.97.